The van der Waals surface area contributed by atoms with E-state index in [1.807, 2.05) is 17.5 Å². The fourth-order valence-electron chi connectivity index (χ4n) is 2.63. The smallest absolute Gasteiger partial charge is 0.263 e. The van der Waals surface area contributed by atoms with Gasteiger partial charge in [0.15, 0.2) is 5.13 Å². The van der Waals surface area contributed by atoms with E-state index in [9.17, 15) is 13.7 Å². The lowest BCUT2D eigenvalue weighted by Crippen LogP contribution is -2.12. The van der Waals surface area contributed by atoms with E-state index in [-0.39, 0.29) is 4.90 Å². The van der Waals surface area contributed by atoms with Crippen LogP contribution in [0.4, 0.5) is 10.8 Å². The molecule has 4 rings (SSSR count). The minimum Gasteiger partial charge on any atom is -0.360 e. The zero-order valence-electron chi connectivity index (χ0n) is 16.2. The lowest BCUT2D eigenvalue weighted by Gasteiger charge is -2.06. The van der Waals surface area contributed by atoms with Gasteiger partial charge in [-0.15, -0.1) is 22.7 Å². The maximum atomic E-state index is 12.4. The van der Waals surface area contributed by atoms with Crippen molar-refractivity contribution in [3.05, 3.63) is 81.7 Å². The second-order valence-electron chi connectivity index (χ2n) is 6.33. The molecule has 2 N–H and O–H groups in total. The predicted molar refractivity (Wildman–Crippen MR) is 129 cm³/mol. The molecule has 0 aliphatic carbocycles. The number of aromatic nitrogens is 2. The van der Waals surface area contributed by atoms with Crippen molar-refractivity contribution in [1.29, 1.82) is 5.26 Å². The molecule has 0 amide bonds. The van der Waals surface area contributed by atoms with Crippen molar-refractivity contribution < 1.29 is 8.42 Å². The van der Waals surface area contributed by atoms with Crippen LogP contribution in [0.5, 0.6) is 0 Å². The molecule has 0 saturated heterocycles. The van der Waals surface area contributed by atoms with Crippen molar-refractivity contribution in [3.63, 3.8) is 0 Å². The number of rotatable bonds is 7. The van der Waals surface area contributed by atoms with Crippen LogP contribution in [-0.2, 0) is 10.0 Å². The minimum atomic E-state index is -3.72. The van der Waals surface area contributed by atoms with Crippen LogP contribution >= 0.6 is 34.3 Å². The second-order valence-corrected chi connectivity index (χ2v) is 10.2. The van der Waals surface area contributed by atoms with Gasteiger partial charge in [0.2, 0.25) is 0 Å². The predicted octanol–water partition coefficient (Wildman–Crippen LogP) is 5.70. The topological polar surface area (TPSA) is 108 Å². The highest BCUT2D eigenvalue weighted by Gasteiger charge is 2.15. The Morgan fingerprint density at radius 1 is 1.09 bits per heavy atom. The van der Waals surface area contributed by atoms with E-state index in [2.05, 4.69) is 26.1 Å². The Hall–Kier alpha value is -3.23. The number of anilines is 2. The summed E-state index contributed by atoms with van der Waals surface area (Å²) in [5.74, 6) is 0. The highest BCUT2D eigenvalue weighted by molar-refractivity contribution is 7.93. The number of benzene rings is 2. The van der Waals surface area contributed by atoms with Crippen LogP contribution in [-0.4, -0.2) is 18.4 Å². The third-order valence-corrected chi connectivity index (χ3v) is 7.50. The molecule has 32 heavy (non-hydrogen) atoms. The molecule has 4 aromatic rings. The number of nitrogens with one attached hydrogen (secondary N) is 2. The van der Waals surface area contributed by atoms with E-state index in [1.54, 1.807) is 35.8 Å². The second kappa shape index (κ2) is 9.50. The number of thiazole rings is 2. The van der Waals surface area contributed by atoms with Crippen LogP contribution in [0.15, 0.2) is 76.6 Å². The molecule has 7 nitrogen and oxygen atoms in total. The first-order valence-corrected chi connectivity index (χ1v) is 12.7. The lowest BCUT2D eigenvalue weighted by molar-refractivity contribution is 0.601. The third-order valence-electron chi connectivity index (χ3n) is 4.20. The summed E-state index contributed by atoms with van der Waals surface area (Å²) >= 11 is 8.48. The number of nitriles is 1. The van der Waals surface area contributed by atoms with Crippen LogP contribution in [0.1, 0.15) is 5.01 Å². The highest BCUT2D eigenvalue weighted by atomic mass is 35.5. The molecule has 11 heteroatoms. The molecule has 0 saturated carbocycles. The van der Waals surface area contributed by atoms with E-state index < -0.39 is 10.0 Å². The third kappa shape index (κ3) is 5.15. The van der Waals surface area contributed by atoms with Crippen molar-refractivity contribution in [3.8, 4) is 17.3 Å². The molecule has 0 atom stereocenters. The normalized spacial score (nSPS) is 11.7. The van der Waals surface area contributed by atoms with Gasteiger partial charge in [0.25, 0.3) is 10.0 Å². The van der Waals surface area contributed by atoms with Gasteiger partial charge >= 0.3 is 0 Å². The number of sulfonamides is 1. The first kappa shape index (κ1) is 22.0. The van der Waals surface area contributed by atoms with Crippen molar-refractivity contribution in [2.24, 2.45) is 0 Å². The molecule has 0 fully saturated rings. The number of allylic oxidation sites excluding steroid dienone is 1. The summed E-state index contributed by atoms with van der Waals surface area (Å²) < 4.78 is 27.2. The Balaban J connectivity index is 1.47. The molecule has 0 bridgehead atoms. The van der Waals surface area contributed by atoms with Crippen LogP contribution in [0.2, 0.25) is 5.02 Å². The van der Waals surface area contributed by atoms with Crippen LogP contribution in [0, 0.1) is 11.3 Å². The SMILES string of the molecule is N#C/C(=C\Nc1ccc(S(=O)(=O)Nc2nccs2)cc1)c1nc(-c2ccc(Cl)cc2)cs1. The van der Waals surface area contributed by atoms with Gasteiger partial charge in [0.05, 0.1) is 10.6 Å². The van der Waals surface area contributed by atoms with E-state index in [0.717, 1.165) is 11.3 Å². The Labute approximate surface area is 197 Å². The average Bonchev–Trinajstić information content (AvgIpc) is 3.47. The zero-order chi connectivity index (χ0) is 22.6. The number of nitrogens with zero attached hydrogens (tertiary/aromatic N) is 3. The maximum absolute atomic E-state index is 12.4. The average molecular weight is 500 g/mol. The summed E-state index contributed by atoms with van der Waals surface area (Å²) in [6, 6.07) is 15.6. The summed E-state index contributed by atoms with van der Waals surface area (Å²) in [5.41, 5.74) is 2.65. The van der Waals surface area contributed by atoms with Gasteiger partial charge in [-0.1, -0.05) is 23.7 Å². The summed E-state index contributed by atoms with van der Waals surface area (Å²) in [4.78, 5) is 8.56. The summed E-state index contributed by atoms with van der Waals surface area (Å²) in [6.07, 6.45) is 3.07. The van der Waals surface area contributed by atoms with Gasteiger partial charge in [-0.2, -0.15) is 5.26 Å². The number of hydrogen-bond donors (Lipinski definition) is 2. The van der Waals surface area contributed by atoms with Crippen LogP contribution in [0.25, 0.3) is 16.8 Å². The van der Waals surface area contributed by atoms with Crippen molar-refractivity contribution in [2.75, 3.05) is 10.0 Å². The fraction of sp³-hybridized carbons (Fsp3) is 0. The lowest BCUT2D eigenvalue weighted by atomic mass is 10.2. The molecule has 0 unspecified atom stereocenters. The standard InChI is InChI=1S/C21H14ClN5O2S3/c22-16-3-1-14(2-4-16)19-13-31-20(26-19)15(11-23)12-25-17-5-7-18(8-6-17)32(28,29)27-21-24-9-10-30-21/h1-10,12-13,25H,(H,24,27)/b15-12+. The van der Waals surface area contributed by atoms with Crippen molar-refractivity contribution in [2.45, 2.75) is 4.90 Å². The van der Waals surface area contributed by atoms with Gasteiger partial charge in [-0.05, 0) is 36.4 Å². The molecule has 2 aromatic carbocycles. The Bertz CT molecular complexity index is 1390. The highest BCUT2D eigenvalue weighted by Crippen LogP contribution is 2.27. The van der Waals surface area contributed by atoms with Crippen molar-refractivity contribution in [1.82, 2.24) is 9.97 Å². The Morgan fingerprint density at radius 2 is 1.84 bits per heavy atom. The Kier molecular flexibility index (Phi) is 6.53. The quantitative estimate of drug-likeness (QED) is 0.316. The molecule has 160 valence electrons. The largest absolute Gasteiger partial charge is 0.360 e. The molecular formula is C21H14ClN5O2S3. The molecule has 0 aliphatic rings. The summed E-state index contributed by atoms with van der Waals surface area (Å²) in [5, 5.41) is 17.6. The van der Waals surface area contributed by atoms with E-state index in [4.69, 9.17) is 11.6 Å². The van der Waals surface area contributed by atoms with Crippen LogP contribution in [0.3, 0.4) is 0 Å². The molecule has 0 aliphatic heterocycles. The molecule has 2 heterocycles. The number of halogens is 1. The van der Waals surface area contributed by atoms with Gasteiger partial charge in [-0.25, -0.2) is 18.4 Å². The molecule has 0 spiro atoms. The molecule has 2 aromatic heterocycles. The van der Waals surface area contributed by atoms with E-state index in [0.29, 0.717) is 26.4 Å². The van der Waals surface area contributed by atoms with E-state index >= 15 is 0 Å². The van der Waals surface area contributed by atoms with Gasteiger partial charge < -0.3 is 5.32 Å². The monoisotopic (exact) mass is 499 g/mol. The van der Waals surface area contributed by atoms with Gasteiger partial charge in [0.1, 0.15) is 16.6 Å². The maximum Gasteiger partial charge on any atom is 0.263 e. The summed E-state index contributed by atoms with van der Waals surface area (Å²) in [7, 11) is -3.72. The van der Waals surface area contributed by atoms with Gasteiger partial charge in [-0.3, -0.25) is 4.72 Å². The zero-order valence-corrected chi connectivity index (χ0v) is 19.4. The first-order valence-electron chi connectivity index (χ1n) is 9.05. The van der Waals surface area contributed by atoms with Crippen LogP contribution < -0.4 is 10.0 Å². The number of hydrogen-bond acceptors (Lipinski definition) is 8. The Morgan fingerprint density at radius 3 is 2.50 bits per heavy atom. The minimum absolute atomic E-state index is 0.107. The van der Waals surface area contributed by atoms with E-state index in [1.165, 1.54) is 41.0 Å². The fourth-order valence-corrected chi connectivity index (χ4v) is 5.34. The van der Waals surface area contributed by atoms with Gasteiger partial charge in [0, 0.05) is 39.4 Å². The summed E-state index contributed by atoms with van der Waals surface area (Å²) in [6.45, 7) is 0. The molecule has 0 radical (unpaired) electrons. The van der Waals surface area contributed by atoms with Crippen molar-refractivity contribution >= 4 is 60.7 Å². The molecular weight excluding hydrogens is 486 g/mol. The first-order chi connectivity index (χ1) is 15.4.